The SMILES string of the molecule is CC(C)CCCCC(=O)N[C@@H](CO)C(=O)N[C@@H](CC(C)C)C(=O)[C@]1(CO)CO1. The van der Waals surface area contributed by atoms with E-state index >= 15 is 0 Å². The molecule has 0 aliphatic carbocycles. The summed E-state index contributed by atoms with van der Waals surface area (Å²) < 4.78 is 5.10. The smallest absolute Gasteiger partial charge is 0.245 e. The van der Waals surface area contributed by atoms with Crippen LogP contribution in [0, 0.1) is 11.8 Å². The standard InChI is InChI=1S/C20H36N2O6/c1-13(2)7-5-6-8-17(25)21-16(10-23)19(27)22-15(9-14(3)4)18(26)20(11-24)12-28-20/h13-16,23-24H,5-12H2,1-4H3,(H,21,25)(H,22,27)/t15-,16-,20-/m0/s1. The Balaban J connectivity index is 2.60. The van der Waals surface area contributed by atoms with Crippen molar-refractivity contribution in [1.29, 1.82) is 0 Å². The Morgan fingerprint density at radius 1 is 1.00 bits per heavy atom. The Bertz CT molecular complexity index is 531. The number of unbranched alkanes of at least 4 members (excludes halogenated alkanes) is 1. The van der Waals surface area contributed by atoms with E-state index < -0.39 is 36.8 Å². The highest BCUT2D eigenvalue weighted by Gasteiger charge is 2.54. The lowest BCUT2D eigenvalue weighted by molar-refractivity contribution is -0.134. The maximum absolute atomic E-state index is 12.6. The van der Waals surface area contributed by atoms with E-state index in [2.05, 4.69) is 24.5 Å². The summed E-state index contributed by atoms with van der Waals surface area (Å²) in [6, 6.07) is -1.97. The first kappa shape index (κ1) is 24.5. The van der Waals surface area contributed by atoms with Gasteiger partial charge in [-0.05, 0) is 24.7 Å². The maximum Gasteiger partial charge on any atom is 0.245 e. The number of epoxide rings is 1. The molecule has 3 atom stereocenters. The summed E-state index contributed by atoms with van der Waals surface area (Å²) in [7, 11) is 0. The Morgan fingerprint density at radius 2 is 1.64 bits per heavy atom. The van der Waals surface area contributed by atoms with Crippen molar-refractivity contribution < 1.29 is 29.3 Å². The van der Waals surface area contributed by atoms with Crippen LogP contribution in [0.1, 0.15) is 59.8 Å². The second-order valence-corrected chi connectivity index (χ2v) is 8.44. The number of hydrogen-bond acceptors (Lipinski definition) is 6. The van der Waals surface area contributed by atoms with Gasteiger partial charge in [0.15, 0.2) is 11.4 Å². The van der Waals surface area contributed by atoms with Crippen LogP contribution in [0.4, 0.5) is 0 Å². The fourth-order valence-corrected chi connectivity index (χ4v) is 2.99. The molecule has 1 fully saturated rings. The Kier molecular flexibility index (Phi) is 10.1. The minimum absolute atomic E-state index is 0.117. The molecule has 0 spiro atoms. The number of nitrogens with one attached hydrogen (secondary N) is 2. The van der Waals surface area contributed by atoms with Gasteiger partial charge in [0, 0.05) is 6.42 Å². The van der Waals surface area contributed by atoms with Crippen molar-refractivity contribution in [2.75, 3.05) is 19.8 Å². The summed E-state index contributed by atoms with van der Waals surface area (Å²) in [5, 5.41) is 24.1. The largest absolute Gasteiger partial charge is 0.394 e. The second kappa shape index (κ2) is 11.5. The molecular weight excluding hydrogens is 364 g/mol. The van der Waals surface area contributed by atoms with E-state index in [1.54, 1.807) is 0 Å². The van der Waals surface area contributed by atoms with Gasteiger partial charge >= 0.3 is 0 Å². The average molecular weight is 401 g/mol. The van der Waals surface area contributed by atoms with Crippen molar-refractivity contribution in [3.63, 3.8) is 0 Å². The lowest BCUT2D eigenvalue weighted by atomic mass is 9.92. The molecule has 0 aromatic heterocycles. The molecule has 1 rings (SSSR count). The summed E-state index contributed by atoms with van der Waals surface area (Å²) >= 11 is 0. The molecule has 1 aliphatic rings. The zero-order chi connectivity index (χ0) is 21.3. The summed E-state index contributed by atoms with van der Waals surface area (Å²) in [5.41, 5.74) is -1.23. The highest BCUT2D eigenvalue weighted by molar-refractivity contribution is 5.98. The van der Waals surface area contributed by atoms with Crippen LogP contribution in [0.2, 0.25) is 0 Å². The lowest BCUT2D eigenvalue weighted by Gasteiger charge is -2.24. The van der Waals surface area contributed by atoms with Crippen LogP contribution in [0.3, 0.4) is 0 Å². The van der Waals surface area contributed by atoms with Crippen LogP contribution in [0.5, 0.6) is 0 Å². The number of hydrogen-bond donors (Lipinski definition) is 4. The van der Waals surface area contributed by atoms with E-state index in [4.69, 9.17) is 4.74 Å². The fraction of sp³-hybridized carbons (Fsp3) is 0.850. The third-order valence-electron chi connectivity index (χ3n) is 4.81. The van der Waals surface area contributed by atoms with Crippen LogP contribution in [0.15, 0.2) is 0 Å². The van der Waals surface area contributed by atoms with E-state index in [1.165, 1.54) is 0 Å². The first-order valence-corrected chi connectivity index (χ1v) is 10.1. The Labute approximate surface area is 167 Å². The molecule has 0 saturated carbocycles. The normalized spacial score (nSPS) is 20.7. The number of amides is 2. The van der Waals surface area contributed by atoms with Gasteiger partial charge in [-0.2, -0.15) is 0 Å². The van der Waals surface area contributed by atoms with Gasteiger partial charge in [-0.25, -0.2) is 0 Å². The monoisotopic (exact) mass is 400 g/mol. The number of ether oxygens (including phenoxy) is 1. The van der Waals surface area contributed by atoms with E-state index in [0.717, 1.165) is 12.8 Å². The maximum atomic E-state index is 12.6. The Morgan fingerprint density at radius 3 is 2.11 bits per heavy atom. The highest BCUT2D eigenvalue weighted by Crippen LogP contribution is 2.30. The van der Waals surface area contributed by atoms with Crippen molar-refractivity contribution in [2.45, 2.75) is 77.5 Å². The van der Waals surface area contributed by atoms with E-state index in [1.807, 2.05) is 13.8 Å². The quantitative estimate of drug-likeness (QED) is 0.249. The van der Waals surface area contributed by atoms with Gasteiger partial charge in [-0.15, -0.1) is 0 Å². The van der Waals surface area contributed by atoms with E-state index in [9.17, 15) is 24.6 Å². The topological polar surface area (TPSA) is 128 Å². The molecule has 1 saturated heterocycles. The molecular formula is C20H36N2O6. The summed E-state index contributed by atoms with van der Waals surface area (Å²) in [6.07, 6.45) is 3.33. The van der Waals surface area contributed by atoms with Crippen LogP contribution in [0.25, 0.3) is 0 Å². The molecule has 1 aliphatic heterocycles. The van der Waals surface area contributed by atoms with Crippen LogP contribution in [-0.2, 0) is 19.1 Å². The molecule has 8 nitrogen and oxygen atoms in total. The summed E-state index contributed by atoms with van der Waals surface area (Å²) in [6.45, 7) is 7.19. The molecule has 0 aromatic carbocycles. The van der Waals surface area contributed by atoms with Crippen molar-refractivity contribution in [3.05, 3.63) is 0 Å². The third-order valence-corrected chi connectivity index (χ3v) is 4.81. The van der Waals surface area contributed by atoms with Crippen molar-refractivity contribution in [3.8, 4) is 0 Å². The van der Waals surface area contributed by atoms with Crippen molar-refractivity contribution in [1.82, 2.24) is 10.6 Å². The molecule has 4 N–H and O–H groups in total. The molecule has 8 heteroatoms. The highest BCUT2D eigenvalue weighted by atomic mass is 16.6. The minimum Gasteiger partial charge on any atom is -0.394 e. The minimum atomic E-state index is -1.23. The van der Waals surface area contributed by atoms with Crippen molar-refractivity contribution >= 4 is 17.6 Å². The van der Waals surface area contributed by atoms with Gasteiger partial charge in [-0.3, -0.25) is 14.4 Å². The molecule has 0 radical (unpaired) electrons. The molecule has 0 aromatic rings. The number of carbonyl (C=O) groups is 3. The molecule has 2 amide bonds. The number of rotatable bonds is 14. The molecule has 162 valence electrons. The molecule has 28 heavy (non-hydrogen) atoms. The molecule has 1 heterocycles. The summed E-state index contributed by atoms with van der Waals surface area (Å²) in [4.78, 5) is 37.2. The zero-order valence-corrected chi connectivity index (χ0v) is 17.5. The van der Waals surface area contributed by atoms with Gasteiger partial charge in [0.05, 0.1) is 25.9 Å². The first-order chi connectivity index (χ1) is 13.1. The fourth-order valence-electron chi connectivity index (χ4n) is 2.99. The summed E-state index contributed by atoms with van der Waals surface area (Å²) in [5.74, 6) is -0.611. The van der Waals surface area contributed by atoms with Gasteiger partial charge < -0.3 is 25.6 Å². The number of carbonyl (C=O) groups excluding carboxylic acids is 3. The average Bonchev–Trinajstić information content (AvgIpc) is 3.42. The van der Waals surface area contributed by atoms with Gasteiger partial charge in [0.2, 0.25) is 11.8 Å². The van der Waals surface area contributed by atoms with Crippen LogP contribution < -0.4 is 10.6 Å². The van der Waals surface area contributed by atoms with E-state index in [-0.39, 0.29) is 30.6 Å². The first-order valence-electron chi connectivity index (χ1n) is 10.1. The Hall–Kier alpha value is -1.51. The van der Waals surface area contributed by atoms with Crippen molar-refractivity contribution in [2.24, 2.45) is 11.8 Å². The van der Waals surface area contributed by atoms with Gasteiger partial charge in [0.25, 0.3) is 0 Å². The predicted octanol–water partition coefficient (Wildman–Crippen LogP) is 0.541. The lowest BCUT2D eigenvalue weighted by Crippen LogP contribution is -2.55. The van der Waals surface area contributed by atoms with Gasteiger partial charge in [0.1, 0.15) is 6.04 Å². The second-order valence-electron chi connectivity index (χ2n) is 8.44. The number of aliphatic hydroxyl groups is 2. The molecule has 0 unspecified atom stereocenters. The van der Waals surface area contributed by atoms with Crippen LogP contribution in [-0.4, -0.2) is 65.3 Å². The van der Waals surface area contributed by atoms with E-state index in [0.29, 0.717) is 18.8 Å². The predicted molar refractivity (Wildman–Crippen MR) is 104 cm³/mol. The zero-order valence-electron chi connectivity index (χ0n) is 17.5. The number of aliphatic hydroxyl groups excluding tert-OH is 2. The third kappa shape index (κ3) is 7.85. The number of Topliss-reactive ketones (excluding diaryl/α,β-unsaturated/α-hetero) is 1. The molecule has 0 bridgehead atoms. The van der Waals surface area contributed by atoms with Crippen LogP contribution >= 0.6 is 0 Å². The number of ketones is 1. The van der Waals surface area contributed by atoms with Gasteiger partial charge in [-0.1, -0.05) is 40.5 Å².